The van der Waals surface area contributed by atoms with Crippen molar-refractivity contribution in [3.63, 3.8) is 0 Å². The van der Waals surface area contributed by atoms with E-state index in [1.807, 2.05) is 6.92 Å². The van der Waals surface area contributed by atoms with Crippen molar-refractivity contribution in [2.75, 3.05) is 26.2 Å². The molecule has 3 rings (SSSR count). The van der Waals surface area contributed by atoms with Crippen LogP contribution in [0.15, 0.2) is 42.5 Å². The number of ether oxygens (including phenoxy) is 2. The number of carbonyl (C=O) groups is 2. The number of aliphatic carboxylic acids is 1. The highest BCUT2D eigenvalue weighted by atomic mass is 35.5. The SMILES string of the molecule is CC(Oc1cc(Cl)ccc1OCC(=O)N1CCN(Cc2ccc(F)cc2)CC1C)C(=O)O. The van der Waals surface area contributed by atoms with E-state index in [1.165, 1.54) is 25.1 Å². The minimum absolute atomic E-state index is 0.0201. The maximum Gasteiger partial charge on any atom is 0.344 e. The third kappa shape index (κ3) is 6.34. The van der Waals surface area contributed by atoms with E-state index in [-0.39, 0.29) is 35.9 Å². The van der Waals surface area contributed by atoms with Crippen LogP contribution < -0.4 is 9.47 Å². The number of carboxylic acid groups (broad SMARTS) is 1. The summed E-state index contributed by atoms with van der Waals surface area (Å²) in [5, 5.41) is 9.43. The first-order valence-corrected chi connectivity index (χ1v) is 10.7. The van der Waals surface area contributed by atoms with Crippen molar-refractivity contribution in [3.05, 3.63) is 58.9 Å². The highest BCUT2D eigenvalue weighted by Gasteiger charge is 2.28. The Balaban J connectivity index is 1.55. The summed E-state index contributed by atoms with van der Waals surface area (Å²) >= 11 is 5.98. The van der Waals surface area contributed by atoms with Crippen LogP contribution in [0.25, 0.3) is 0 Å². The molecule has 2 atom stereocenters. The Morgan fingerprint density at radius 3 is 2.56 bits per heavy atom. The van der Waals surface area contributed by atoms with Gasteiger partial charge in [-0.05, 0) is 43.7 Å². The normalized spacial score (nSPS) is 17.6. The summed E-state index contributed by atoms with van der Waals surface area (Å²) in [5.41, 5.74) is 1.02. The molecule has 2 aromatic carbocycles. The molecule has 1 amide bonds. The second-order valence-electron chi connectivity index (χ2n) is 7.78. The van der Waals surface area contributed by atoms with Gasteiger partial charge in [-0.3, -0.25) is 9.69 Å². The molecule has 0 bridgehead atoms. The molecule has 1 N–H and O–H groups in total. The number of piperazine rings is 1. The number of nitrogens with zero attached hydrogens (tertiary/aromatic N) is 2. The van der Waals surface area contributed by atoms with Crippen molar-refractivity contribution in [2.24, 2.45) is 0 Å². The molecule has 9 heteroatoms. The van der Waals surface area contributed by atoms with Crippen molar-refractivity contribution in [3.8, 4) is 11.5 Å². The van der Waals surface area contributed by atoms with Crippen LogP contribution in [0.3, 0.4) is 0 Å². The molecule has 2 aromatic rings. The summed E-state index contributed by atoms with van der Waals surface area (Å²) in [5.74, 6) is -1.15. The van der Waals surface area contributed by atoms with E-state index in [0.717, 1.165) is 5.56 Å². The van der Waals surface area contributed by atoms with Gasteiger partial charge in [0.25, 0.3) is 5.91 Å². The second kappa shape index (κ2) is 10.7. The van der Waals surface area contributed by atoms with Gasteiger partial charge in [0, 0.05) is 43.3 Å². The average Bonchev–Trinajstić information content (AvgIpc) is 2.74. The van der Waals surface area contributed by atoms with Gasteiger partial charge in [-0.25, -0.2) is 9.18 Å². The molecule has 0 aromatic heterocycles. The first kappa shape index (κ1) is 23.8. The van der Waals surface area contributed by atoms with Crippen molar-refractivity contribution in [1.82, 2.24) is 9.80 Å². The first-order chi connectivity index (χ1) is 15.2. The summed E-state index contributed by atoms with van der Waals surface area (Å²) in [6.45, 7) is 5.78. The Morgan fingerprint density at radius 2 is 1.91 bits per heavy atom. The molecule has 2 unspecified atom stereocenters. The van der Waals surface area contributed by atoms with Crippen molar-refractivity contribution < 1.29 is 28.6 Å². The fourth-order valence-corrected chi connectivity index (χ4v) is 3.71. The predicted octanol–water partition coefficient (Wildman–Crippen LogP) is 3.44. The highest BCUT2D eigenvalue weighted by Crippen LogP contribution is 2.31. The zero-order valence-electron chi connectivity index (χ0n) is 18.0. The topological polar surface area (TPSA) is 79.3 Å². The van der Waals surface area contributed by atoms with Gasteiger partial charge in [0.2, 0.25) is 0 Å². The van der Waals surface area contributed by atoms with Gasteiger partial charge in [0.05, 0.1) is 0 Å². The van der Waals surface area contributed by atoms with E-state index < -0.39 is 12.1 Å². The monoisotopic (exact) mass is 464 g/mol. The third-order valence-electron chi connectivity index (χ3n) is 5.26. The Kier molecular flexibility index (Phi) is 7.93. The van der Waals surface area contributed by atoms with Gasteiger partial charge >= 0.3 is 5.97 Å². The van der Waals surface area contributed by atoms with Crippen LogP contribution in [0, 0.1) is 5.82 Å². The second-order valence-corrected chi connectivity index (χ2v) is 8.21. The largest absolute Gasteiger partial charge is 0.480 e. The maximum absolute atomic E-state index is 13.1. The van der Waals surface area contributed by atoms with Crippen molar-refractivity contribution >= 4 is 23.5 Å². The maximum atomic E-state index is 13.1. The molecule has 0 radical (unpaired) electrons. The lowest BCUT2D eigenvalue weighted by atomic mass is 10.1. The molecule has 172 valence electrons. The molecule has 0 spiro atoms. The molecule has 32 heavy (non-hydrogen) atoms. The van der Waals surface area contributed by atoms with Crippen LogP contribution >= 0.6 is 11.6 Å². The Bertz CT molecular complexity index is 956. The minimum atomic E-state index is -1.13. The van der Waals surface area contributed by atoms with Crippen molar-refractivity contribution in [2.45, 2.75) is 32.5 Å². The number of benzene rings is 2. The van der Waals surface area contributed by atoms with E-state index in [2.05, 4.69) is 4.90 Å². The fourth-order valence-electron chi connectivity index (χ4n) is 3.55. The Hall–Kier alpha value is -2.84. The number of carbonyl (C=O) groups excluding carboxylic acids is 1. The molecule has 1 aliphatic rings. The molecule has 0 saturated carbocycles. The van der Waals surface area contributed by atoms with E-state index in [9.17, 15) is 14.0 Å². The van der Waals surface area contributed by atoms with Crippen LogP contribution in [0.2, 0.25) is 5.02 Å². The average molecular weight is 465 g/mol. The van der Waals surface area contributed by atoms with Crippen LogP contribution in [0.1, 0.15) is 19.4 Å². The van der Waals surface area contributed by atoms with Gasteiger partial charge in [0.1, 0.15) is 5.82 Å². The molecular weight excluding hydrogens is 439 g/mol. The Labute approximate surface area is 191 Å². The van der Waals surface area contributed by atoms with Crippen LogP contribution in [-0.4, -0.2) is 65.2 Å². The highest BCUT2D eigenvalue weighted by molar-refractivity contribution is 6.30. The molecule has 1 fully saturated rings. The molecule has 0 aliphatic carbocycles. The minimum Gasteiger partial charge on any atom is -0.480 e. The van der Waals surface area contributed by atoms with Gasteiger partial charge in [-0.2, -0.15) is 0 Å². The predicted molar refractivity (Wildman–Crippen MR) is 118 cm³/mol. The summed E-state index contributed by atoms with van der Waals surface area (Å²) in [4.78, 5) is 27.8. The standard InChI is InChI=1S/C23H26ClFN2O5/c1-15-12-26(13-17-3-6-19(25)7-4-17)9-10-27(15)22(28)14-31-20-8-5-18(24)11-21(20)32-16(2)23(29)30/h3-8,11,15-16H,9-10,12-14H2,1-2H3,(H,29,30). The van der Waals surface area contributed by atoms with E-state index in [0.29, 0.717) is 31.2 Å². The smallest absolute Gasteiger partial charge is 0.344 e. The van der Waals surface area contributed by atoms with Gasteiger partial charge < -0.3 is 19.5 Å². The number of hydrogen-bond acceptors (Lipinski definition) is 5. The Morgan fingerprint density at radius 1 is 1.19 bits per heavy atom. The molecule has 1 aliphatic heterocycles. The van der Waals surface area contributed by atoms with Gasteiger partial charge in [0.15, 0.2) is 24.2 Å². The van der Waals surface area contributed by atoms with Gasteiger partial charge in [-0.1, -0.05) is 23.7 Å². The summed E-state index contributed by atoms with van der Waals surface area (Å²) in [7, 11) is 0. The fraction of sp³-hybridized carbons (Fsp3) is 0.391. The van der Waals surface area contributed by atoms with E-state index >= 15 is 0 Å². The number of amides is 1. The lowest BCUT2D eigenvalue weighted by Crippen LogP contribution is -2.54. The van der Waals surface area contributed by atoms with Crippen LogP contribution in [0.4, 0.5) is 4.39 Å². The zero-order chi connectivity index (χ0) is 23.3. The van der Waals surface area contributed by atoms with Gasteiger partial charge in [-0.15, -0.1) is 0 Å². The van der Waals surface area contributed by atoms with Crippen LogP contribution in [-0.2, 0) is 16.1 Å². The molecule has 1 saturated heterocycles. The lowest BCUT2D eigenvalue weighted by molar-refractivity contribution is -0.144. The number of hydrogen-bond donors (Lipinski definition) is 1. The number of rotatable bonds is 8. The molecule has 1 heterocycles. The lowest BCUT2D eigenvalue weighted by Gasteiger charge is -2.39. The first-order valence-electron chi connectivity index (χ1n) is 10.3. The summed E-state index contributed by atoms with van der Waals surface area (Å²) < 4.78 is 24.1. The van der Waals surface area contributed by atoms with Crippen molar-refractivity contribution in [1.29, 1.82) is 0 Å². The van der Waals surface area contributed by atoms with Crippen LogP contribution in [0.5, 0.6) is 11.5 Å². The quantitative estimate of drug-likeness (QED) is 0.644. The van der Waals surface area contributed by atoms with E-state index in [1.54, 1.807) is 29.2 Å². The molecule has 7 nitrogen and oxygen atoms in total. The number of halogens is 2. The summed E-state index contributed by atoms with van der Waals surface area (Å²) in [6.07, 6.45) is -1.10. The van der Waals surface area contributed by atoms with E-state index in [4.69, 9.17) is 26.2 Å². The number of carboxylic acids is 1. The zero-order valence-corrected chi connectivity index (χ0v) is 18.7. The summed E-state index contributed by atoms with van der Waals surface area (Å²) in [6, 6.07) is 11.0. The molecular formula is C23H26ClFN2O5. The third-order valence-corrected chi connectivity index (χ3v) is 5.49.